The number of nitrogen functional groups attached to an aromatic ring is 1. The van der Waals surface area contributed by atoms with Crippen LogP contribution in [0.1, 0.15) is 48.5 Å². The van der Waals surface area contributed by atoms with Crippen LogP contribution in [0.3, 0.4) is 0 Å². The first-order valence-corrected chi connectivity index (χ1v) is 6.22. The van der Waals surface area contributed by atoms with Gasteiger partial charge in [0.1, 0.15) is 5.56 Å². The van der Waals surface area contributed by atoms with Crippen LogP contribution in [0.2, 0.25) is 0 Å². The van der Waals surface area contributed by atoms with Crippen molar-refractivity contribution in [1.29, 1.82) is 5.41 Å². The van der Waals surface area contributed by atoms with Gasteiger partial charge in [-0.1, -0.05) is 0 Å². The predicted molar refractivity (Wildman–Crippen MR) is 67.4 cm³/mol. The van der Waals surface area contributed by atoms with Crippen LogP contribution in [0, 0.1) is 10.8 Å². The second-order valence-electron chi connectivity index (χ2n) is 5.53. The van der Waals surface area contributed by atoms with E-state index >= 15 is 0 Å². The zero-order valence-electron chi connectivity index (χ0n) is 10.1. The maximum absolute atomic E-state index is 11.1. The van der Waals surface area contributed by atoms with Gasteiger partial charge in [-0.25, -0.2) is 0 Å². The average Bonchev–Trinajstić information content (AvgIpc) is 2.91. The summed E-state index contributed by atoms with van der Waals surface area (Å²) in [6.45, 7) is 0. The average molecular weight is 247 g/mol. The molecule has 6 heteroatoms. The van der Waals surface area contributed by atoms with Gasteiger partial charge in [0.05, 0.1) is 6.04 Å². The van der Waals surface area contributed by atoms with Gasteiger partial charge in [0.25, 0.3) is 5.91 Å². The molecule has 0 saturated heterocycles. The summed E-state index contributed by atoms with van der Waals surface area (Å²) >= 11 is 0. The highest BCUT2D eigenvalue weighted by atomic mass is 16.1. The van der Waals surface area contributed by atoms with Crippen molar-refractivity contribution in [2.45, 2.75) is 38.1 Å². The Labute approximate surface area is 105 Å². The molecule has 1 spiro atoms. The van der Waals surface area contributed by atoms with Gasteiger partial charge in [-0.2, -0.15) is 5.10 Å². The fourth-order valence-corrected chi connectivity index (χ4v) is 2.88. The Hall–Kier alpha value is -1.85. The molecule has 2 fully saturated rings. The Balaban J connectivity index is 1.84. The highest BCUT2D eigenvalue weighted by Crippen LogP contribution is 2.56. The van der Waals surface area contributed by atoms with Gasteiger partial charge in [-0.15, -0.1) is 0 Å². The molecule has 1 amide bonds. The summed E-state index contributed by atoms with van der Waals surface area (Å²) in [6.07, 6.45) is 6.95. The number of anilines is 1. The van der Waals surface area contributed by atoms with E-state index in [1.165, 1.54) is 12.8 Å². The van der Waals surface area contributed by atoms with Crippen LogP contribution in [0.15, 0.2) is 6.20 Å². The minimum atomic E-state index is -0.570. The topological polar surface area (TPSA) is 111 Å². The maximum atomic E-state index is 11.1. The molecule has 0 unspecified atom stereocenters. The normalized spacial score (nSPS) is 25.3. The van der Waals surface area contributed by atoms with Crippen LogP contribution in [0.4, 0.5) is 5.82 Å². The Bertz CT molecular complexity index is 529. The lowest BCUT2D eigenvalue weighted by atomic mass is 9.82. The minimum absolute atomic E-state index is 0.0633. The predicted octanol–water partition coefficient (Wildman–Crippen LogP) is 1.09. The Morgan fingerprint density at radius 1 is 1.50 bits per heavy atom. The molecule has 0 aromatic carbocycles. The molecule has 1 aromatic rings. The number of aromatic nitrogens is 2. The first-order chi connectivity index (χ1) is 8.51. The van der Waals surface area contributed by atoms with Gasteiger partial charge >= 0.3 is 0 Å². The van der Waals surface area contributed by atoms with E-state index < -0.39 is 5.91 Å². The first-order valence-electron chi connectivity index (χ1n) is 6.22. The molecule has 2 aliphatic carbocycles. The molecule has 1 heterocycles. The maximum Gasteiger partial charge on any atom is 0.254 e. The molecular weight excluding hydrogens is 230 g/mol. The second-order valence-corrected chi connectivity index (χ2v) is 5.53. The van der Waals surface area contributed by atoms with E-state index in [4.69, 9.17) is 16.9 Å². The molecule has 0 radical (unpaired) electrons. The van der Waals surface area contributed by atoms with E-state index in [9.17, 15) is 4.79 Å². The number of nitrogens with one attached hydrogen (secondary N) is 1. The van der Waals surface area contributed by atoms with Crippen LogP contribution in [-0.2, 0) is 0 Å². The molecule has 1 atom stereocenters. The lowest BCUT2D eigenvalue weighted by Gasteiger charge is -2.29. The molecule has 6 nitrogen and oxygen atoms in total. The summed E-state index contributed by atoms with van der Waals surface area (Å²) in [5, 5.41) is 12.3. The molecule has 1 aromatic heterocycles. The summed E-state index contributed by atoms with van der Waals surface area (Å²) in [5.74, 6) is -0.415. The van der Waals surface area contributed by atoms with E-state index in [0.717, 1.165) is 19.3 Å². The third-order valence-corrected chi connectivity index (χ3v) is 4.22. The summed E-state index contributed by atoms with van der Waals surface area (Å²) in [4.78, 5) is 11.1. The number of rotatable bonds is 2. The molecule has 2 aliphatic rings. The summed E-state index contributed by atoms with van der Waals surface area (Å²) in [6, 6.07) is -0.0633. The van der Waals surface area contributed by atoms with Gasteiger partial charge in [-0.05, 0) is 37.5 Å². The lowest BCUT2D eigenvalue weighted by Crippen LogP contribution is -2.28. The van der Waals surface area contributed by atoms with Crippen molar-refractivity contribution in [2.24, 2.45) is 11.1 Å². The van der Waals surface area contributed by atoms with Crippen molar-refractivity contribution in [1.82, 2.24) is 9.78 Å². The number of amides is 1. The molecule has 96 valence electrons. The molecule has 0 bridgehead atoms. The molecule has 0 aliphatic heterocycles. The molecular formula is C12H17N5O. The fourth-order valence-electron chi connectivity index (χ4n) is 2.88. The van der Waals surface area contributed by atoms with E-state index in [1.54, 1.807) is 10.9 Å². The lowest BCUT2D eigenvalue weighted by molar-refractivity contribution is 0.100. The SMILES string of the molecule is N=C1CC2(CC[C@H]1n1cc(C(N)=O)c(N)n1)CC2. The number of hydrogen-bond acceptors (Lipinski definition) is 4. The highest BCUT2D eigenvalue weighted by molar-refractivity contribution is 5.97. The fraction of sp³-hybridized carbons (Fsp3) is 0.583. The van der Waals surface area contributed by atoms with Crippen molar-refractivity contribution in [2.75, 3.05) is 5.73 Å². The molecule has 18 heavy (non-hydrogen) atoms. The number of hydrogen-bond donors (Lipinski definition) is 3. The number of nitrogens with two attached hydrogens (primary N) is 2. The number of nitrogens with zero attached hydrogens (tertiary/aromatic N) is 2. The Kier molecular flexibility index (Phi) is 2.23. The van der Waals surface area contributed by atoms with Gasteiger partial charge in [-0.3, -0.25) is 9.48 Å². The van der Waals surface area contributed by atoms with Crippen LogP contribution in [0.25, 0.3) is 0 Å². The van der Waals surface area contributed by atoms with E-state index in [0.29, 0.717) is 11.1 Å². The Morgan fingerprint density at radius 3 is 2.72 bits per heavy atom. The van der Waals surface area contributed by atoms with Crippen LogP contribution in [-0.4, -0.2) is 21.4 Å². The number of carbonyl (C=O) groups is 1. The van der Waals surface area contributed by atoms with Crippen molar-refractivity contribution in [3.63, 3.8) is 0 Å². The van der Waals surface area contributed by atoms with Crippen LogP contribution in [0.5, 0.6) is 0 Å². The monoisotopic (exact) mass is 247 g/mol. The van der Waals surface area contributed by atoms with E-state index in [-0.39, 0.29) is 17.4 Å². The van der Waals surface area contributed by atoms with Gasteiger partial charge in [0.2, 0.25) is 0 Å². The zero-order chi connectivity index (χ0) is 12.9. The van der Waals surface area contributed by atoms with Crippen molar-refractivity contribution in [3.8, 4) is 0 Å². The first kappa shape index (κ1) is 11.3. The van der Waals surface area contributed by atoms with E-state index in [1.807, 2.05) is 0 Å². The smallest absolute Gasteiger partial charge is 0.254 e. The van der Waals surface area contributed by atoms with Crippen LogP contribution < -0.4 is 11.5 Å². The molecule has 2 saturated carbocycles. The molecule has 3 rings (SSSR count). The minimum Gasteiger partial charge on any atom is -0.382 e. The van der Waals surface area contributed by atoms with Gasteiger partial charge in [0.15, 0.2) is 5.82 Å². The largest absolute Gasteiger partial charge is 0.382 e. The zero-order valence-corrected chi connectivity index (χ0v) is 10.1. The number of primary amides is 1. The Morgan fingerprint density at radius 2 is 2.22 bits per heavy atom. The highest BCUT2D eigenvalue weighted by Gasteiger charge is 2.47. The van der Waals surface area contributed by atoms with Crippen molar-refractivity contribution >= 4 is 17.4 Å². The third kappa shape index (κ3) is 1.68. The number of carbonyl (C=O) groups excluding carboxylic acids is 1. The van der Waals surface area contributed by atoms with Gasteiger partial charge in [0, 0.05) is 11.9 Å². The summed E-state index contributed by atoms with van der Waals surface area (Å²) < 4.78 is 1.63. The van der Waals surface area contributed by atoms with Crippen molar-refractivity contribution in [3.05, 3.63) is 11.8 Å². The summed E-state index contributed by atoms with van der Waals surface area (Å²) in [5.41, 5.74) is 12.2. The standard InChI is InChI=1S/C12H17N5O/c13-8-5-12(3-4-12)2-1-9(8)17-6-7(11(15)18)10(14)16-17/h6,9,13H,1-5H2,(H2,14,16)(H2,15,18)/t9-/m1/s1. The third-order valence-electron chi connectivity index (χ3n) is 4.22. The van der Waals surface area contributed by atoms with Crippen molar-refractivity contribution < 1.29 is 4.79 Å². The molecule has 5 N–H and O–H groups in total. The summed E-state index contributed by atoms with van der Waals surface area (Å²) in [7, 11) is 0. The van der Waals surface area contributed by atoms with E-state index in [2.05, 4.69) is 5.10 Å². The second kappa shape index (κ2) is 3.57. The quantitative estimate of drug-likeness (QED) is 0.727. The van der Waals surface area contributed by atoms with Gasteiger partial charge < -0.3 is 16.9 Å². The van der Waals surface area contributed by atoms with Crippen LogP contribution >= 0.6 is 0 Å².